The van der Waals surface area contributed by atoms with Crippen LogP contribution >= 0.6 is 11.6 Å². The molecule has 3 aromatic rings. The highest BCUT2D eigenvalue weighted by molar-refractivity contribution is 6.32. The van der Waals surface area contributed by atoms with Gasteiger partial charge in [0.05, 0.1) is 23.9 Å². The lowest BCUT2D eigenvalue weighted by molar-refractivity contribution is -0.137. The van der Waals surface area contributed by atoms with Gasteiger partial charge < -0.3 is 9.47 Å². The third-order valence-electron chi connectivity index (χ3n) is 4.36. The Morgan fingerprint density at radius 1 is 1.12 bits per heavy atom. The number of carbonyl (C=O) groups excluding carboxylic acids is 1. The second kappa shape index (κ2) is 10.4. The summed E-state index contributed by atoms with van der Waals surface area (Å²) in [7, 11) is 1.40. The Balaban J connectivity index is 1.70. The molecule has 172 valence electrons. The maximum Gasteiger partial charge on any atom is 0.416 e. The number of hydrogen-bond donors (Lipinski definition) is 1. The predicted octanol–water partition coefficient (Wildman–Crippen LogP) is 5.85. The number of methoxy groups -OCH3 is 1. The van der Waals surface area contributed by atoms with Gasteiger partial charge in [-0.25, -0.2) is 9.82 Å². The van der Waals surface area contributed by atoms with E-state index in [-0.39, 0.29) is 28.7 Å². The molecule has 3 rings (SSSR count). The molecule has 0 aliphatic carbocycles. The van der Waals surface area contributed by atoms with Crippen LogP contribution in [0.5, 0.6) is 11.5 Å². The second-order valence-electron chi connectivity index (χ2n) is 6.73. The molecule has 0 bridgehead atoms. The highest BCUT2D eigenvalue weighted by Gasteiger charge is 2.30. The molecule has 0 spiro atoms. The minimum absolute atomic E-state index is 0.0499. The van der Waals surface area contributed by atoms with Crippen molar-refractivity contribution in [2.45, 2.75) is 12.8 Å². The lowest BCUT2D eigenvalue weighted by Gasteiger charge is -2.13. The van der Waals surface area contributed by atoms with Crippen LogP contribution in [0.3, 0.4) is 0 Å². The number of rotatable bonds is 7. The first kappa shape index (κ1) is 24.1. The van der Waals surface area contributed by atoms with Gasteiger partial charge in [0.15, 0.2) is 11.5 Å². The van der Waals surface area contributed by atoms with Gasteiger partial charge >= 0.3 is 6.18 Å². The molecule has 1 N–H and O–H groups in total. The number of hydrogen-bond acceptors (Lipinski definition) is 4. The average Bonchev–Trinajstić information content (AvgIpc) is 2.77. The van der Waals surface area contributed by atoms with Crippen LogP contribution in [0.25, 0.3) is 0 Å². The topological polar surface area (TPSA) is 59.9 Å². The summed E-state index contributed by atoms with van der Waals surface area (Å²) in [6.07, 6.45) is -3.32. The van der Waals surface area contributed by atoms with Gasteiger partial charge in [-0.3, -0.25) is 4.79 Å². The van der Waals surface area contributed by atoms with Crippen molar-refractivity contribution in [2.24, 2.45) is 5.10 Å². The van der Waals surface area contributed by atoms with Gasteiger partial charge in [0.1, 0.15) is 12.4 Å². The molecule has 0 radical (unpaired) electrons. The Hall–Kier alpha value is -3.59. The second-order valence-corrected chi connectivity index (χ2v) is 7.14. The number of benzene rings is 3. The van der Waals surface area contributed by atoms with Crippen molar-refractivity contribution in [3.05, 3.63) is 93.8 Å². The van der Waals surface area contributed by atoms with Crippen molar-refractivity contribution in [1.29, 1.82) is 0 Å². The number of hydrazone groups is 1. The quantitative estimate of drug-likeness (QED) is 0.262. The predicted molar refractivity (Wildman–Crippen MR) is 115 cm³/mol. The molecule has 0 aliphatic heterocycles. The zero-order chi connectivity index (χ0) is 24.0. The summed E-state index contributed by atoms with van der Waals surface area (Å²) in [5.41, 5.74) is 2.05. The van der Waals surface area contributed by atoms with Gasteiger partial charge in [0, 0.05) is 5.56 Å². The molecule has 1 amide bonds. The molecular formula is C23H17ClF4N2O3. The fraction of sp³-hybridized carbons (Fsp3) is 0.130. The molecule has 0 saturated carbocycles. The lowest BCUT2D eigenvalue weighted by Crippen LogP contribution is -2.18. The zero-order valence-corrected chi connectivity index (χ0v) is 17.9. The first-order valence-electron chi connectivity index (χ1n) is 9.43. The Morgan fingerprint density at radius 2 is 1.88 bits per heavy atom. The highest BCUT2D eigenvalue weighted by Crippen LogP contribution is 2.36. The van der Waals surface area contributed by atoms with Crippen LogP contribution in [0, 0.1) is 5.82 Å². The Kier molecular flexibility index (Phi) is 7.55. The first-order chi connectivity index (χ1) is 15.7. The number of alkyl halides is 3. The van der Waals surface area contributed by atoms with E-state index < -0.39 is 23.5 Å². The standard InChI is InChI=1S/C23H17ClF4N2O3/c1-32-20-10-15(9-19(24)21(20)33-13-14-4-2-7-18(25)8-14)12-29-30-22(31)16-5-3-6-17(11-16)23(26,27)28/h2-12H,13H2,1H3,(H,30,31)/b29-12-. The summed E-state index contributed by atoms with van der Waals surface area (Å²) < 4.78 is 62.7. The molecule has 33 heavy (non-hydrogen) atoms. The van der Waals surface area contributed by atoms with Crippen molar-refractivity contribution in [3.63, 3.8) is 0 Å². The smallest absolute Gasteiger partial charge is 0.416 e. The van der Waals surface area contributed by atoms with Crippen LogP contribution < -0.4 is 14.9 Å². The molecule has 5 nitrogen and oxygen atoms in total. The van der Waals surface area contributed by atoms with E-state index in [1.54, 1.807) is 12.1 Å². The number of ether oxygens (including phenoxy) is 2. The highest BCUT2D eigenvalue weighted by atomic mass is 35.5. The summed E-state index contributed by atoms with van der Waals surface area (Å²) in [5.74, 6) is -0.712. The fourth-order valence-electron chi connectivity index (χ4n) is 2.80. The van der Waals surface area contributed by atoms with E-state index in [2.05, 4.69) is 10.5 Å². The number of nitrogens with one attached hydrogen (secondary N) is 1. The summed E-state index contributed by atoms with van der Waals surface area (Å²) in [4.78, 5) is 12.1. The Morgan fingerprint density at radius 3 is 2.58 bits per heavy atom. The molecule has 0 fully saturated rings. The molecular weight excluding hydrogens is 464 g/mol. The van der Waals surface area contributed by atoms with E-state index in [9.17, 15) is 22.4 Å². The van der Waals surface area contributed by atoms with Gasteiger partial charge in [-0.15, -0.1) is 0 Å². The minimum atomic E-state index is -4.56. The van der Waals surface area contributed by atoms with Crippen molar-refractivity contribution in [3.8, 4) is 11.5 Å². The molecule has 0 aromatic heterocycles. The van der Waals surface area contributed by atoms with Crippen LogP contribution in [0.2, 0.25) is 5.02 Å². The molecule has 10 heteroatoms. The van der Waals surface area contributed by atoms with Crippen LogP contribution in [0.4, 0.5) is 17.6 Å². The lowest BCUT2D eigenvalue weighted by atomic mass is 10.1. The van der Waals surface area contributed by atoms with E-state index in [0.717, 1.165) is 18.2 Å². The van der Waals surface area contributed by atoms with E-state index >= 15 is 0 Å². The molecule has 3 aromatic carbocycles. The molecule has 0 atom stereocenters. The normalized spacial score (nSPS) is 11.5. The van der Waals surface area contributed by atoms with Gasteiger partial charge in [-0.1, -0.05) is 29.8 Å². The Bertz CT molecular complexity index is 1180. The van der Waals surface area contributed by atoms with Gasteiger partial charge in [-0.2, -0.15) is 18.3 Å². The van der Waals surface area contributed by atoms with Gasteiger partial charge in [0.2, 0.25) is 0 Å². The van der Waals surface area contributed by atoms with E-state index in [1.165, 1.54) is 43.7 Å². The number of nitrogens with zero attached hydrogens (tertiary/aromatic N) is 1. The van der Waals surface area contributed by atoms with Crippen LogP contribution in [-0.2, 0) is 12.8 Å². The maximum absolute atomic E-state index is 13.3. The van der Waals surface area contributed by atoms with Crippen molar-refractivity contribution in [1.82, 2.24) is 5.43 Å². The number of carbonyl (C=O) groups is 1. The van der Waals surface area contributed by atoms with Gasteiger partial charge in [0.25, 0.3) is 5.91 Å². The largest absolute Gasteiger partial charge is 0.493 e. The van der Waals surface area contributed by atoms with E-state index in [4.69, 9.17) is 21.1 Å². The summed E-state index contributed by atoms with van der Waals surface area (Å²) in [6, 6.07) is 12.9. The fourth-order valence-corrected chi connectivity index (χ4v) is 3.08. The number of amides is 1. The molecule has 0 unspecified atom stereocenters. The van der Waals surface area contributed by atoms with Crippen molar-refractivity contribution in [2.75, 3.05) is 7.11 Å². The Labute approximate surface area is 191 Å². The number of halogens is 5. The molecule has 0 heterocycles. The van der Waals surface area contributed by atoms with Gasteiger partial charge in [-0.05, 0) is 53.6 Å². The third-order valence-corrected chi connectivity index (χ3v) is 4.64. The summed E-state index contributed by atoms with van der Waals surface area (Å²) in [6.45, 7) is 0.0499. The van der Waals surface area contributed by atoms with Crippen LogP contribution in [-0.4, -0.2) is 19.2 Å². The first-order valence-corrected chi connectivity index (χ1v) is 9.80. The van der Waals surface area contributed by atoms with Crippen molar-refractivity contribution < 1.29 is 31.8 Å². The SMILES string of the molecule is COc1cc(/C=N\NC(=O)c2cccc(C(F)(F)F)c2)cc(Cl)c1OCc1cccc(F)c1. The maximum atomic E-state index is 13.3. The minimum Gasteiger partial charge on any atom is -0.493 e. The van der Waals surface area contributed by atoms with E-state index in [0.29, 0.717) is 11.1 Å². The monoisotopic (exact) mass is 480 g/mol. The average molecular weight is 481 g/mol. The van der Waals surface area contributed by atoms with E-state index in [1.807, 2.05) is 0 Å². The van der Waals surface area contributed by atoms with Crippen molar-refractivity contribution >= 4 is 23.7 Å². The van der Waals surface area contributed by atoms with Crippen LogP contribution in [0.15, 0.2) is 65.8 Å². The van der Waals surface area contributed by atoms with Crippen LogP contribution in [0.1, 0.15) is 27.0 Å². The summed E-state index contributed by atoms with van der Waals surface area (Å²) >= 11 is 6.27. The molecule has 0 aliphatic rings. The summed E-state index contributed by atoms with van der Waals surface area (Å²) in [5, 5.41) is 3.93. The zero-order valence-electron chi connectivity index (χ0n) is 17.1. The third kappa shape index (κ3) is 6.45. The molecule has 0 saturated heterocycles.